The van der Waals surface area contributed by atoms with E-state index in [1.807, 2.05) is 6.08 Å². The summed E-state index contributed by atoms with van der Waals surface area (Å²) in [6, 6.07) is 3.04. The third-order valence-electron chi connectivity index (χ3n) is 8.26. The van der Waals surface area contributed by atoms with Crippen molar-refractivity contribution in [2.75, 3.05) is 26.2 Å². The van der Waals surface area contributed by atoms with Crippen molar-refractivity contribution < 1.29 is 33.8 Å². The van der Waals surface area contributed by atoms with Gasteiger partial charge in [-0.05, 0) is 43.4 Å². The van der Waals surface area contributed by atoms with Gasteiger partial charge in [0.1, 0.15) is 0 Å². The highest BCUT2D eigenvalue weighted by atomic mass is 79.9. The van der Waals surface area contributed by atoms with Gasteiger partial charge in [0.2, 0.25) is 17.6 Å². The molecular weight excluding hydrogens is 591 g/mol. The van der Waals surface area contributed by atoms with Crippen molar-refractivity contribution in [2.45, 2.75) is 35.4 Å². The Labute approximate surface area is 231 Å². The van der Waals surface area contributed by atoms with E-state index in [-0.39, 0.29) is 53.9 Å². The molecule has 6 unspecified atom stereocenters. The molecule has 9 nitrogen and oxygen atoms in total. The van der Waals surface area contributed by atoms with Crippen molar-refractivity contribution in [3.8, 4) is 17.2 Å². The maximum absolute atomic E-state index is 13.8. The number of alkyl halides is 3. The lowest BCUT2D eigenvalue weighted by molar-refractivity contribution is -0.141. The fraction of sp³-hybridized carbons (Fsp3) is 0.520. The van der Waals surface area contributed by atoms with E-state index < -0.39 is 45.2 Å². The normalized spacial score (nSPS) is 34.8. The predicted octanol–water partition coefficient (Wildman–Crippen LogP) is 3.14. The number of nitrogens with zero attached hydrogens (tertiary/aromatic N) is 2. The predicted molar refractivity (Wildman–Crippen MR) is 137 cm³/mol. The number of rotatable bonds is 5. The average molecular weight is 616 g/mol. The van der Waals surface area contributed by atoms with E-state index in [0.29, 0.717) is 11.1 Å². The number of halogens is 3. The molecule has 198 valence electrons. The second-order valence-electron chi connectivity index (χ2n) is 9.68. The molecule has 5 rings (SSSR count). The summed E-state index contributed by atoms with van der Waals surface area (Å²) in [5.41, 5.74) is 0.959. The molecule has 1 aromatic carbocycles. The molecule has 4 amide bonds. The number of phenolic OH excluding ortho intramolecular Hbond substituents is 1. The molecule has 0 spiro atoms. The Bertz CT molecular complexity index is 1250. The summed E-state index contributed by atoms with van der Waals surface area (Å²) >= 11 is 17.5. The summed E-state index contributed by atoms with van der Waals surface area (Å²) < 4.78 is 10.7. The first kappa shape index (κ1) is 26.3. The number of hydrogen-bond donors (Lipinski definition) is 1. The second kappa shape index (κ2) is 8.88. The van der Waals surface area contributed by atoms with E-state index in [9.17, 15) is 24.3 Å². The number of likely N-dealkylation sites (tertiary alicyclic amines) is 2. The summed E-state index contributed by atoms with van der Waals surface area (Å²) in [7, 11) is 2.74. The highest BCUT2D eigenvalue weighted by Gasteiger charge is 2.76. The lowest BCUT2D eigenvalue weighted by Crippen LogP contribution is -2.60. The standard InChI is InChI=1S/C25H25BrCl2N2O7/c1-4-29-20(32)13-6-5-12-14(17(13)21(29)33)9-24(27)22(34)30(10-26)23(35)25(24,28)18(12)11-7-15(36-2)19(31)16(8-11)37-3/h5,7-8,13-14,17-18,31H,4,6,9-10H2,1-3H3. The van der Waals surface area contributed by atoms with E-state index in [4.69, 9.17) is 32.7 Å². The molecule has 2 heterocycles. The molecule has 6 atom stereocenters. The Morgan fingerprint density at radius 3 is 2.19 bits per heavy atom. The zero-order valence-electron chi connectivity index (χ0n) is 20.3. The van der Waals surface area contributed by atoms with Crippen LogP contribution in [0.15, 0.2) is 23.8 Å². The van der Waals surface area contributed by atoms with Crippen LogP contribution in [0, 0.1) is 17.8 Å². The van der Waals surface area contributed by atoms with E-state index in [1.165, 1.54) is 31.3 Å². The molecule has 2 saturated heterocycles. The van der Waals surface area contributed by atoms with Crippen LogP contribution in [0.25, 0.3) is 0 Å². The Morgan fingerprint density at radius 2 is 1.65 bits per heavy atom. The number of imide groups is 2. The molecular formula is C25H25BrCl2N2O7. The number of aromatic hydroxyl groups is 1. The quantitative estimate of drug-likeness (QED) is 0.234. The van der Waals surface area contributed by atoms with Crippen molar-refractivity contribution in [1.82, 2.24) is 9.80 Å². The maximum atomic E-state index is 13.8. The van der Waals surface area contributed by atoms with Crippen LogP contribution in [0.3, 0.4) is 0 Å². The van der Waals surface area contributed by atoms with Crippen molar-refractivity contribution in [1.29, 1.82) is 0 Å². The van der Waals surface area contributed by atoms with Gasteiger partial charge in [0.05, 0.1) is 31.5 Å². The first-order valence-corrected chi connectivity index (χ1v) is 13.7. The zero-order valence-corrected chi connectivity index (χ0v) is 23.4. The van der Waals surface area contributed by atoms with Crippen LogP contribution < -0.4 is 9.47 Å². The summed E-state index contributed by atoms with van der Waals surface area (Å²) in [4.78, 5) is 52.2. The number of allylic oxidation sites excluding steroid dienone is 2. The summed E-state index contributed by atoms with van der Waals surface area (Å²) in [5.74, 6) is -4.90. The molecule has 4 aliphatic rings. The fourth-order valence-corrected chi connectivity index (χ4v) is 8.01. The summed E-state index contributed by atoms with van der Waals surface area (Å²) in [6.45, 7) is 1.97. The second-order valence-corrected chi connectivity index (χ2v) is 11.4. The van der Waals surface area contributed by atoms with Crippen LogP contribution in [0.4, 0.5) is 0 Å². The van der Waals surface area contributed by atoms with Gasteiger partial charge >= 0.3 is 0 Å². The minimum atomic E-state index is -1.95. The van der Waals surface area contributed by atoms with E-state index >= 15 is 0 Å². The number of carbonyl (C=O) groups is 4. The third kappa shape index (κ3) is 3.21. The Hall–Kier alpha value is -2.30. The van der Waals surface area contributed by atoms with Crippen LogP contribution >= 0.6 is 39.1 Å². The lowest BCUT2D eigenvalue weighted by atomic mass is 9.56. The molecule has 1 N–H and O–H groups in total. The van der Waals surface area contributed by atoms with Crippen LogP contribution in [-0.2, 0) is 19.2 Å². The van der Waals surface area contributed by atoms with Crippen LogP contribution in [-0.4, -0.2) is 74.5 Å². The van der Waals surface area contributed by atoms with Crippen LogP contribution in [0.2, 0.25) is 0 Å². The van der Waals surface area contributed by atoms with Crippen molar-refractivity contribution in [3.05, 3.63) is 29.3 Å². The number of fused-ring (bicyclic) bond motifs is 4. The molecule has 0 bridgehead atoms. The highest BCUT2D eigenvalue weighted by molar-refractivity contribution is 9.09. The van der Waals surface area contributed by atoms with Crippen molar-refractivity contribution in [3.63, 3.8) is 0 Å². The molecule has 2 aliphatic carbocycles. The molecule has 1 saturated carbocycles. The van der Waals surface area contributed by atoms with E-state index in [1.54, 1.807) is 6.92 Å². The van der Waals surface area contributed by atoms with Crippen molar-refractivity contribution >= 4 is 62.8 Å². The summed E-state index contributed by atoms with van der Waals surface area (Å²) in [5, 5.41) is 10.5. The van der Waals surface area contributed by atoms with Crippen LogP contribution in [0.1, 0.15) is 31.2 Å². The number of methoxy groups -OCH3 is 2. The number of phenols is 1. The Kier molecular flexibility index (Phi) is 6.32. The minimum Gasteiger partial charge on any atom is -0.502 e. The number of hydrogen-bond acceptors (Lipinski definition) is 7. The van der Waals surface area contributed by atoms with Crippen LogP contribution in [0.5, 0.6) is 17.2 Å². The monoisotopic (exact) mass is 614 g/mol. The molecule has 1 aromatic rings. The zero-order chi connectivity index (χ0) is 27.0. The Balaban J connectivity index is 1.77. The Morgan fingerprint density at radius 1 is 1.03 bits per heavy atom. The first-order chi connectivity index (χ1) is 17.5. The maximum Gasteiger partial charge on any atom is 0.254 e. The summed E-state index contributed by atoms with van der Waals surface area (Å²) in [6.07, 6.45) is 2.05. The van der Waals surface area contributed by atoms with Gasteiger partial charge in [-0.1, -0.05) is 27.6 Å². The molecule has 3 fully saturated rings. The van der Waals surface area contributed by atoms with Gasteiger partial charge in [0, 0.05) is 12.5 Å². The molecule has 12 heteroatoms. The van der Waals surface area contributed by atoms with Gasteiger partial charge in [0.15, 0.2) is 21.2 Å². The highest BCUT2D eigenvalue weighted by Crippen LogP contribution is 2.66. The van der Waals surface area contributed by atoms with Gasteiger partial charge in [0.25, 0.3) is 11.8 Å². The largest absolute Gasteiger partial charge is 0.502 e. The molecule has 0 aromatic heterocycles. The minimum absolute atomic E-state index is 0.0737. The molecule has 2 aliphatic heterocycles. The van der Waals surface area contributed by atoms with Gasteiger partial charge < -0.3 is 14.6 Å². The van der Waals surface area contributed by atoms with Crippen molar-refractivity contribution in [2.24, 2.45) is 17.8 Å². The average Bonchev–Trinajstić information content (AvgIpc) is 3.21. The van der Waals surface area contributed by atoms with E-state index in [2.05, 4.69) is 15.9 Å². The van der Waals surface area contributed by atoms with Gasteiger partial charge in [-0.25, -0.2) is 0 Å². The van der Waals surface area contributed by atoms with E-state index in [0.717, 1.165) is 4.90 Å². The SMILES string of the molecule is CCN1C(=O)C2CC=C3C(CC4(Cl)C(=O)N(CBr)C(=O)C4(Cl)C3c3cc(OC)c(O)c(OC)c3)C2C1=O. The first-order valence-electron chi connectivity index (χ1n) is 11.8. The van der Waals surface area contributed by atoms with Gasteiger partial charge in [-0.15, -0.1) is 23.2 Å². The number of carbonyl (C=O) groups excluding carboxylic acids is 4. The molecule has 37 heavy (non-hydrogen) atoms. The van der Waals surface area contributed by atoms with Gasteiger partial charge in [-0.3, -0.25) is 29.0 Å². The number of benzene rings is 1. The number of ether oxygens (including phenoxy) is 2. The third-order valence-corrected chi connectivity index (χ3v) is 10.2. The lowest BCUT2D eigenvalue weighted by Gasteiger charge is -2.50. The topological polar surface area (TPSA) is 113 Å². The van der Waals surface area contributed by atoms with Gasteiger partial charge in [-0.2, -0.15) is 0 Å². The number of amides is 4. The fourth-order valence-electron chi connectivity index (χ4n) is 6.58. The molecule has 0 radical (unpaired) electrons. The smallest absolute Gasteiger partial charge is 0.254 e.